The average Bonchev–Trinajstić information content (AvgIpc) is 2.92. The van der Waals surface area contributed by atoms with Crippen LogP contribution >= 0.6 is 23.2 Å². The number of halogens is 2. The van der Waals surface area contributed by atoms with E-state index in [1.54, 1.807) is 23.1 Å². The van der Waals surface area contributed by atoms with Crippen LogP contribution in [0.3, 0.4) is 0 Å². The van der Waals surface area contributed by atoms with Crippen molar-refractivity contribution < 1.29 is 4.79 Å². The molecule has 2 aromatic carbocycles. The molecule has 1 aliphatic rings. The summed E-state index contributed by atoms with van der Waals surface area (Å²) in [6.07, 6.45) is 0.903. The molecule has 2 aromatic rings. The molecule has 0 saturated heterocycles. The first-order valence-corrected chi connectivity index (χ1v) is 7.48. The molecule has 0 aliphatic carbocycles. The van der Waals surface area contributed by atoms with E-state index in [0.29, 0.717) is 15.7 Å². The van der Waals surface area contributed by atoms with E-state index in [1.807, 2.05) is 18.2 Å². The van der Waals surface area contributed by atoms with Crippen LogP contribution in [0.2, 0.25) is 10.0 Å². The zero-order valence-corrected chi connectivity index (χ0v) is 12.8. The molecule has 0 fully saturated rings. The van der Waals surface area contributed by atoms with Crippen molar-refractivity contribution in [2.45, 2.75) is 6.42 Å². The lowest BCUT2D eigenvalue weighted by Crippen LogP contribution is -2.34. The van der Waals surface area contributed by atoms with Gasteiger partial charge in [0.05, 0.1) is 17.3 Å². The highest BCUT2D eigenvalue weighted by atomic mass is 35.5. The molecular weight excluding hydrogens is 307 g/mol. The molecule has 1 N–H and O–H groups in total. The minimum Gasteiger partial charge on any atom is -0.375 e. The van der Waals surface area contributed by atoms with Crippen molar-refractivity contribution >= 4 is 40.5 Å². The van der Waals surface area contributed by atoms with Crippen LogP contribution in [-0.2, 0) is 11.2 Å². The monoisotopic (exact) mass is 320 g/mol. The molecule has 0 radical (unpaired) electrons. The topological polar surface area (TPSA) is 32.3 Å². The molecule has 0 spiro atoms. The number of amides is 1. The highest BCUT2D eigenvalue weighted by molar-refractivity contribution is 6.35. The van der Waals surface area contributed by atoms with E-state index in [9.17, 15) is 4.79 Å². The normalized spacial score (nSPS) is 13.1. The Bertz CT molecular complexity index is 688. The van der Waals surface area contributed by atoms with Crippen molar-refractivity contribution in [2.75, 3.05) is 23.3 Å². The molecule has 0 atom stereocenters. The van der Waals surface area contributed by atoms with Gasteiger partial charge in [0.15, 0.2) is 0 Å². The third kappa shape index (κ3) is 2.99. The highest BCUT2D eigenvalue weighted by Crippen LogP contribution is 2.28. The molecule has 0 saturated carbocycles. The third-order valence-corrected chi connectivity index (χ3v) is 4.11. The number of anilines is 2. The Morgan fingerprint density at radius 1 is 1.19 bits per heavy atom. The van der Waals surface area contributed by atoms with Gasteiger partial charge in [0.2, 0.25) is 5.91 Å². The van der Waals surface area contributed by atoms with Crippen LogP contribution in [0.5, 0.6) is 0 Å². The standard InChI is InChI=1S/C16H14Cl2N2O/c17-12-5-6-13(18)14(9-12)19-10-16(21)20-8-7-11-3-1-2-4-15(11)20/h1-6,9,19H,7-8,10H2. The summed E-state index contributed by atoms with van der Waals surface area (Å²) >= 11 is 12.0. The van der Waals surface area contributed by atoms with Crippen LogP contribution in [0.4, 0.5) is 11.4 Å². The van der Waals surface area contributed by atoms with Gasteiger partial charge in [-0.2, -0.15) is 0 Å². The van der Waals surface area contributed by atoms with Crippen molar-refractivity contribution in [3.8, 4) is 0 Å². The number of carbonyl (C=O) groups excluding carboxylic acids is 1. The Hall–Kier alpha value is -1.71. The van der Waals surface area contributed by atoms with E-state index >= 15 is 0 Å². The fourth-order valence-electron chi connectivity index (χ4n) is 2.50. The van der Waals surface area contributed by atoms with Crippen LogP contribution < -0.4 is 10.2 Å². The predicted octanol–water partition coefficient (Wildman–Crippen LogP) is 3.99. The molecule has 5 heteroatoms. The number of hydrogen-bond acceptors (Lipinski definition) is 2. The van der Waals surface area contributed by atoms with Crippen molar-refractivity contribution in [3.63, 3.8) is 0 Å². The Kier molecular flexibility index (Phi) is 4.04. The summed E-state index contributed by atoms with van der Waals surface area (Å²) in [5, 5.41) is 4.19. The van der Waals surface area contributed by atoms with E-state index in [4.69, 9.17) is 23.2 Å². The predicted molar refractivity (Wildman–Crippen MR) is 87.5 cm³/mol. The number of nitrogens with one attached hydrogen (secondary N) is 1. The van der Waals surface area contributed by atoms with Gasteiger partial charge in [-0.1, -0.05) is 41.4 Å². The van der Waals surface area contributed by atoms with E-state index in [1.165, 1.54) is 5.56 Å². The molecule has 0 aromatic heterocycles. The van der Waals surface area contributed by atoms with Crippen molar-refractivity contribution in [1.82, 2.24) is 0 Å². The number of hydrogen-bond donors (Lipinski definition) is 1. The van der Waals surface area contributed by atoms with E-state index in [2.05, 4.69) is 11.4 Å². The maximum absolute atomic E-state index is 12.4. The Morgan fingerprint density at radius 2 is 2.00 bits per heavy atom. The van der Waals surface area contributed by atoms with Gasteiger partial charge in [-0.05, 0) is 36.2 Å². The molecule has 0 bridgehead atoms. The maximum atomic E-state index is 12.4. The quantitative estimate of drug-likeness (QED) is 0.927. The summed E-state index contributed by atoms with van der Waals surface area (Å²) in [6.45, 7) is 0.914. The number of carbonyl (C=O) groups is 1. The molecule has 21 heavy (non-hydrogen) atoms. The molecule has 108 valence electrons. The smallest absolute Gasteiger partial charge is 0.246 e. The summed E-state index contributed by atoms with van der Waals surface area (Å²) in [5.41, 5.74) is 2.89. The number of nitrogens with zero attached hydrogens (tertiary/aromatic N) is 1. The minimum atomic E-state index is 0.0241. The lowest BCUT2D eigenvalue weighted by Gasteiger charge is -2.18. The van der Waals surface area contributed by atoms with Crippen LogP contribution in [-0.4, -0.2) is 19.0 Å². The Labute approximate surface area is 133 Å². The molecule has 3 nitrogen and oxygen atoms in total. The van der Waals surface area contributed by atoms with Gasteiger partial charge in [-0.3, -0.25) is 4.79 Å². The highest BCUT2D eigenvalue weighted by Gasteiger charge is 2.23. The van der Waals surface area contributed by atoms with Gasteiger partial charge in [0.25, 0.3) is 0 Å². The fourth-order valence-corrected chi connectivity index (χ4v) is 2.85. The summed E-state index contributed by atoms with van der Waals surface area (Å²) in [4.78, 5) is 14.2. The second-order valence-electron chi connectivity index (χ2n) is 4.90. The molecule has 1 aliphatic heterocycles. The largest absolute Gasteiger partial charge is 0.375 e. The molecule has 0 unspecified atom stereocenters. The first-order valence-electron chi connectivity index (χ1n) is 6.72. The Morgan fingerprint density at radius 3 is 2.86 bits per heavy atom. The van der Waals surface area contributed by atoms with Crippen LogP contribution in [0.1, 0.15) is 5.56 Å². The van der Waals surface area contributed by atoms with Crippen molar-refractivity contribution in [3.05, 3.63) is 58.1 Å². The first-order chi connectivity index (χ1) is 10.1. The van der Waals surface area contributed by atoms with Gasteiger partial charge >= 0.3 is 0 Å². The van der Waals surface area contributed by atoms with Gasteiger partial charge in [-0.15, -0.1) is 0 Å². The lowest BCUT2D eigenvalue weighted by atomic mass is 10.2. The van der Waals surface area contributed by atoms with Gasteiger partial charge in [-0.25, -0.2) is 0 Å². The molecule has 3 rings (SSSR count). The van der Waals surface area contributed by atoms with Gasteiger partial charge < -0.3 is 10.2 Å². The zero-order chi connectivity index (χ0) is 14.8. The number of rotatable bonds is 3. The summed E-state index contributed by atoms with van der Waals surface area (Å²) < 4.78 is 0. The van der Waals surface area contributed by atoms with Crippen molar-refractivity contribution in [2.24, 2.45) is 0 Å². The average molecular weight is 321 g/mol. The summed E-state index contributed by atoms with van der Waals surface area (Å²) in [5.74, 6) is 0.0241. The number of benzene rings is 2. The zero-order valence-electron chi connectivity index (χ0n) is 11.3. The Balaban J connectivity index is 1.69. The van der Waals surface area contributed by atoms with E-state index < -0.39 is 0 Å². The molecular formula is C16H14Cl2N2O. The molecule has 1 heterocycles. The number of para-hydroxylation sites is 1. The minimum absolute atomic E-state index is 0.0241. The number of fused-ring (bicyclic) bond motifs is 1. The SMILES string of the molecule is O=C(CNc1cc(Cl)ccc1Cl)N1CCc2ccccc21. The lowest BCUT2D eigenvalue weighted by molar-refractivity contribution is -0.116. The van der Waals surface area contributed by atoms with E-state index in [0.717, 1.165) is 18.7 Å². The third-order valence-electron chi connectivity index (χ3n) is 3.55. The van der Waals surface area contributed by atoms with E-state index in [-0.39, 0.29) is 12.5 Å². The summed E-state index contributed by atoms with van der Waals surface area (Å²) in [7, 11) is 0. The maximum Gasteiger partial charge on any atom is 0.246 e. The van der Waals surface area contributed by atoms with Crippen LogP contribution in [0, 0.1) is 0 Å². The molecule has 1 amide bonds. The van der Waals surface area contributed by atoms with Gasteiger partial charge in [0, 0.05) is 17.3 Å². The summed E-state index contributed by atoms with van der Waals surface area (Å²) in [6, 6.07) is 13.1. The van der Waals surface area contributed by atoms with Gasteiger partial charge in [0.1, 0.15) is 0 Å². The fraction of sp³-hybridized carbons (Fsp3) is 0.188. The second-order valence-corrected chi connectivity index (χ2v) is 5.75. The second kappa shape index (κ2) is 5.96. The van der Waals surface area contributed by atoms with Crippen LogP contribution in [0.25, 0.3) is 0 Å². The van der Waals surface area contributed by atoms with Crippen LogP contribution in [0.15, 0.2) is 42.5 Å². The first kappa shape index (κ1) is 14.2. The van der Waals surface area contributed by atoms with Crippen molar-refractivity contribution in [1.29, 1.82) is 0 Å².